The summed E-state index contributed by atoms with van der Waals surface area (Å²) in [6.45, 7) is 3.60. The molecule has 1 spiro atoms. The molecule has 2 aliphatic rings. The van der Waals surface area contributed by atoms with Crippen molar-refractivity contribution in [2.75, 3.05) is 27.2 Å². The van der Waals surface area contributed by atoms with E-state index >= 15 is 0 Å². The fourth-order valence-electron chi connectivity index (χ4n) is 3.47. The molecule has 5 nitrogen and oxygen atoms in total. The van der Waals surface area contributed by atoms with Crippen molar-refractivity contribution in [3.05, 3.63) is 0 Å². The quantitative estimate of drug-likeness (QED) is 0.817. The van der Waals surface area contributed by atoms with Crippen LogP contribution in [0.5, 0.6) is 0 Å². The zero-order valence-electron chi connectivity index (χ0n) is 12.9. The van der Waals surface area contributed by atoms with Crippen molar-refractivity contribution >= 4 is 11.8 Å². The Morgan fingerprint density at radius 1 is 1.30 bits per heavy atom. The van der Waals surface area contributed by atoms with E-state index in [9.17, 15) is 9.59 Å². The fraction of sp³-hybridized carbons (Fsp3) is 0.867. The van der Waals surface area contributed by atoms with Crippen molar-refractivity contribution in [1.82, 2.24) is 15.1 Å². The van der Waals surface area contributed by atoms with Crippen molar-refractivity contribution in [3.8, 4) is 0 Å². The van der Waals surface area contributed by atoms with E-state index in [0.29, 0.717) is 13.0 Å². The van der Waals surface area contributed by atoms with Crippen LogP contribution in [-0.4, -0.2) is 60.4 Å². The van der Waals surface area contributed by atoms with E-state index in [4.69, 9.17) is 0 Å². The van der Waals surface area contributed by atoms with Crippen molar-refractivity contribution < 1.29 is 9.59 Å². The Hall–Kier alpha value is -1.10. The second kappa shape index (κ2) is 6.12. The summed E-state index contributed by atoms with van der Waals surface area (Å²) >= 11 is 0. The van der Waals surface area contributed by atoms with E-state index in [-0.39, 0.29) is 17.9 Å². The van der Waals surface area contributed by atoms with Crippen LogP contribution >= 0.6 is 0 Å². The number of carbonyl (C=O) groups is 2. The van der Waals surface area contributed by atoms with Crippen LogP contribution in [0.1, 0.15) is 45.4 Å². The average Bonchev–Trinajstić information content (AvgIpc) is 2.84. The molecule has 1 saturated carbocycles. The molecule has 2 fully saturated rings. The molecule has 5 heteroatoms. The molecule has 0 aromatic heterocycles. The van der Waals surface area contributed by atoms with Crippen molar-refractivity contribution in [2.24, 2.45) is 0 Å². The van der Waals surface area contributed by atoms with Crippen LogP contribution in [0.3, 0.4) is 0 Å². The number of piperazine rings is 1. The van der Waals surface area contributed by atoms with Gasteiger partial charge in [0.2, 0.25) is 11.8 Å². The van der Waals surface area contributed by atoms with Crippen LogP contribution in [0.15, 0.2) is 0 Å². The Bertz CT molecular complexity index is 375. The maximum absolute atomic E-state index is 12.8. The fourth-order valence-corrected chi connectivity index (χ4v) is 3.47. The van der Waals surface area contributed by atoms with Crippen LogP contribution in [0.2, 0.25) is 0 Å². The van der Waals surface area contributed by atoms with E-state index in [0.717, 1.165) is 38.6 Å². The maximum atomic E-state index is 12.8. The Labute approximate surface area is 121 Å². The van der Waals surface area contributed by atoms with Gasteiger partial charge in [0.25, 0.3) is 0 Å². The van der Waals surface area contributed by atoms with Crippen molar-refractivity contribution in [2.45, 2.75) is 57.0 Å². The standard InChI is InChI=1S/C15H27N3O2/c1-4-12-13(19)16-15(8-5-6-9-15)14(20)18(12)11-7-10-17(2)3/h12H,4-11H2,1-3H3,(H,16,19). The molecule has 0 bridgehead atoms. The molecule has 1 atom stereocenters. The number of hydrogen-bond donors (Lipinski definition) is 1. The third-order valence-corrected chi connectivity index (χ3v) is 4.56. The molecule has 1 aliphatic heterocycles. The summed E-state index contributed by atoms with van der Waals surface area (Å²) in [5, 5.41) is 3.03. The summed E-state index contributed by atoms with van der Waals surface area (Å²) in [5.41, 5.74) is -0.582. The summed E-state index contributed by atoms with van der Waals surface area (Å²) < 4.78 is 0. The monoisotopic (exact) mass is 281 g/mol. The van der Waals surface area contributed by atoms with Crippen LogP contribution in [0, 0.1) is 0 Å². The lowest BCUT2D eigenvalue weighted by atomic mass is 9.90. The first kappa shape index (κ1) is 15.3. The van der Waals surface area contributed by atoms with Gasteiger partial charge in [-0.3, -0.25) is 9.59 Å². The molecule has 0 aromatic rings. The van der Waals surface area contributed by atoms with E-state index in [1.54, 1.807) is 0 Å². The minimum atomic E-state index is -0.582. The third-order valence-electron chi connectivity index (χ3n) is 4.56. The van der Waals surface area contributed by atoms with Gasteiger partial charge in [0.05, 0.1) is 0 Å². The van der Waals surface area contributed by atoms with Gasteiger partial charge in [-0.15, -0.1) is 0 Å². The summed E-state index contributed by atoms with van der Waals surface area (Å²) in [7, 11) is 4.06. The molecule has 1 N–H and O–H groups in total. The lowest BCUT2D eigenvalue weighted by Gasteiger charge is -2.44. The molecule has 20 heavy (non-hydrogen) atoms. The van der Waals surface area contributed by atoms with Gasteiger partial charge in [-0.05, 0) is 46.3 Å². The van der Waals surface area contributed by atoms with Crippen molar-refractivity contribution in [1.29, 1.82) is 0 Å². The largest absolute Gasteiger partial charge is 0.340 e. The Morgan fingerprint density at radius 3 is 2.50 bits per heavy atom. The minimum absolute atomic E-state index is 0.0406. The topological polar surface area (TPSA) is 52.7 Å². The molecule has 2 rings (SSSR count). The van der Waals surface area contributed by atoms with Gasteiger partial charge < -0.3 is 15.1 Å². The second-order valence-electron chi connectivity index (χ2n) is 6.36. The normalized spacial score (nSPS) is 25.6. The highest BCUT2D eigenvalue weighted by Gasteiger charge is 2.51. The van der Waals surface area contributed by atoms with Gasteiger partial charge >= 0.3 is 0 Å². The van der Waals surface area contributed by atoms with Gasteiger partial charge in [0.1, 0.15) is 11.6 Å². The highest BCUT2D eigenvalue weighted by atomic mass is 16.2. The predicted octanol–water partition coefficient (Wildman–Crippen LogP) is 0.988. The molecular weight excluding hydrogens is 254 g/mol. The molecular formula is C15H27N3O2. The lowest BCUT2D eigenvalue weighted by molar-refractivity contribution is -0.155. The first-order chi connectivity index (χ1) is 9.50. The Kier molecular flexibility index (Phi) is 4.68. The first-order valence-corrected chi connectivity index (χ1v) is 7.78. The number of carbonyl (C=O) groups excluding carboxylic acids is 2. The molecule has 2 amide bonds. The zero-order chi connectivity index (χ0) is 14.8. The number of nitrogens with one attached hydrogen (secondary N) is 1. The summed E-state index contributed by atoms with van der Waals surface area (Å²) in [6.07, 6.45) is 5.29. The molecule has 0 aromatic carbocycles. The van der Waals surface area contributed by atoms with Gasteiger partial charge in [0.15, 0.2) is 0 Å². The molecule has 1 saturated heterocycles. The van der Waals surface area contributed by atoms with Crippen molar-refractivity contribution in [3.63, 3.8) is 0 Å². The second-order valence-corrected chi connectivity index (χ2v) is 6.36. The molecule has 0 radical (unpaired) electrons. The van der Waals surface area contributed by atoms with Crippen LogP contribution in [0.25, 0.3) is 0 Å². The predicted molar refractivity (Wildman–Crippen MR) is 78.3 cm³/mol. The Balaban J connectivity index is 2.10. The summed E-state index contributed by atoms with van der Waals surface area (Å²) in [5.74, 6) is 0.194. The van der Waals surface area contributed by atoms with Crippen LogP contribution in [0.4, 0.5) is 0 Å². The number of amides is 2. The van der Waals surface area contributed by atoms with E-state index < -0.39 is 5.54 Å². The molecule has 1 unspecified atom stereocenters. The SMILES string of the molecule is CCC1C(=O)NC2(CCCC2)C(=O)N1CCCN(C)C. The van der Waals surface area contributed by atoms with Gasteiger partial charge in [-0.25, -0.2) is 0 Å². The highest BCUT2D eigenvalue weighted by molar-refractivity contribution is 6.00. The average molecular weight is 281 g/mol. The van der Waals surface area contributed by atoms with E-state index in [1.807, 2.05) is 25.9 Å². The Morgan fingerprint density at radius 2 is 1.95 bits per heavy atom. The molecule has 114 valence electrons. The number of nitrogens with zero attached hydrogens (tertiary/aromatic N) is 2. The van der Waals surface area contributed by atoms with E-state index in [2.05, 4.69) is 10.2 Å². The number of rotatable bonds is 5. The van der Waals surface area contributed by atoms with Gasteiger partial charge in [0, 0.05) is 6.54 Å². The van der Waals surface area contributed by atoms with Gasteiger partial charge in [-0.1, -0.05) is 19.8 Å². The van der Waals surface area contributed by atoms with Gasteiger partial charge in [-0.2, -0.15) is 0 Å². The molecule has 1 aliphatic carbocycles. The van der Waals surface area contributed by atoms with Crippen LogP contribution in [-0.2, 0) is 9.59 Å². The zero-order valence-corrected chi connectivity index (χ0v) is 12.9. The number of hydrogen-bond acceptors (Lipinski definition) is 3. The first-order valence-electron chi connectivity index (χ1n) is 7.78. The lowest BCUT2D eigenvalue weighted by Crippen LogP contribution is -2.69. The smallest absolute Gasteiger partial charge is 0.249 e. The van der Waals surface area contributed by atoms with Crippen LogP contribution < -0.4 is 5.32 Å². The maximum Gasteiger partial charge on any atom is 0.249 e. The summed E-state index contributed by atoms with van der Waals surface area (Å²) in [6, 6.07) is -0.282. The summed E-state index contributed by atoms with van der Waals surface area (Å²) in [4.78, 5) is 29.1. The van der Waals surface area contributed by atoms with E-state index in [1.165, 1.54) is 0 Å². The highest BCUT2D eigenvalue weighted by Crippen LogP contribution is 2.35. The molecule has 1 heterocycles. The minimum Gasteiger partial charge on any atom is -0.340 e. The third kappa shape index (κ3) is 2.82.